The molecule has 0 atom stereocenters. The lowest BCUT2D eigenvalue weighted by Gasteiger charge is -2.19. The van der Waals surface area contributed by atoms with E-state index in [2.05, 4.69) is 22.8 Å². The second-order valence-corrected chi connectivity index (χ2v) is 5.61. The van der Waals surface area contributed by atoms with E-state index in [0.29, 0.717) is 5.69 Å². The molecule has 1 aliphatic rings. The molecule has 1 aliphatic carbocycles. The van der Waals surface area contributed by atoms with E-state index in [1.165, 1.54) is 6.07 Å². The van der Waals surface area contributed by atoms with Crippen molar-refractivity contribution in [3.05, 3.63) is 34.4 Å². The van der Waals surface area contributed by atoms with Crippen LogP contribution in [0, 0.1) is 16.0 Å². The third-order valence-corrected chi connectivity index (χ3v) is 3.71. The van der Waals surface area contributed by atoms with E-state index >= 15 is 0 Å². The summed E-state index contributed by atoms with van der Waals surface area (Å²) in [7, 11) is 0. The molecule has 0 aliphatic heterocycles. The summed E-state index contributed by atoms with van der Waals surface area (Å²) >= 11 is 5.12. The van der Waals surface area contributed by atoms with E-state index in [1.807, 2.05) is 0 Å². The molecule has 0 heterocycles. The quantitative estimate of drug-likeness (QED) is 0.508. The smallest absolute Gasteiger partial charge is 0.292 e. The van der Waals surface area contributed by atoms with Crippen molar-refractivity contribution < 1.29 is 4.92 Å². The summed E-state index contributed by atoms with van der Waals surface area (Å²) in [4.78, 5) is 10.5. The standard InChI is InChI=1S/C14H18N4O2S/c1-10-6-8-11(9-7-10)16-17-14(21)15-12-4-2-3-5-13(12)18(19)20/h2-5,10H,6-9H2,1H3,(H2,15,17,21). The van der Waals surface area contributed by atoms with Crippen LogP contribution in [-0.2, 0) is 0 Å². The van der Waals surface area contributed by atoms with Gasteiger partial charge in [0.2, 0.25) is 0 Å². The van der Waals surface area contributed by atoms with Crippen molar-refractivity contribution in [2.75, 3.05) is 5.32 Å². The summed E-state index contributed by atoms with van der Waals surface area (Å²) in [6.45, 7) is 2.24. The minimum absolute atomic E-state index is 0.0132. The molecule has 1 aromatic rings. The van der Waals surface area contributed by atoms with Gasteiger partial charge in [-0.3, -0.25) is 15.5 Å². The van der Waals surface area contributed by atoms with Crippen molar-refractivity contribution in [1.29, 1.82) is 0 Å². The van der Waals surface area contributed by atoms with E-state index < -0.39 is 4.92 Å². The van der Waals surface area contributed by atoms with Gasteiger partial charge < -0.3 is 5.32 Å². The molecule has 0 bridgehead atoms. The molecule has 0 spiro atoms. The van der Waals surface area contributed by atoms with E-state index in [4.69, 9.17) is 12.2 Å². The predicted octanol–water partition coefficient (Wildman–Crippen LogP) is 3.45. The number of anilines is 1. The van der Waals surface area contributed by atoms with Gasteiger partial charge in [-0.1, -0.05) is 19.1 Å². The van der Waals surface area contributed by atoms with Crippen LogP contribution in [0.15, 0.2) is 29.4 Å². The highest BCUT2D eigenvalue weighted by Crippen LogP contribution is 2.23. The molecule has 0 aromatic heterocycles. The number of benzene rings is 1. The Hall–Kier alpha value is -2.02. The molecule has 0 amide bonds. The number of hydrogen-bond acceptors (Lipinski definition) is 4. The van der Waals surface area contributed by atoms with Crippen LogP contribution in [0.4, 0.5) is 11.4 Å². The number of nitrogens with zero attached hydrogens (tertiary/aromatic N) is 2. The maximum Gasteiger partial charge on any atom is 0.292 e. The summed E-state index contributed by atoms with van der Waals surface area (Å²) in [5.74, 6) is 0.751. The maximum absolute atomic E-state index is 10.9. The molecule has 1 fully saturated rings. The van der Waals surface area contributed by atoms with Gasteiger partial charge in [-0.05, 0) is 49.9 Å². The third-order valence-electron chi connectivity index (χ3n) is 3.52. The average molecular weight is 306 g/mol. The van der Waals surface area contributed by atoms with Crippen LogP contribution in [0.25, 0.3) is 0 Å². The molecule has 0 radical (unpaired) electrons. The zero-order valence-corrected chi connectivity index (χ0v) is 12.7. The minimum atomic E-state index is -0.445. The molecule has 21 heavy (non-hydrogen) atoms. The Bertz CT molecular complexity index is 564. The summed E-state index contributed by atoms with van der Waals surface area (Å²) in [5, 5.41) is 18.3. The fourth-order valence-electron chi connectivity index (χ4n) is 2.23. The highest BCUT2D eigenvalue weighted by atomic mass is 32.1. The van der Waals surface area contributed by atoms with Crippen LogP contribution < -0.4 is 10.7 Å². The lowest BCUT2D eigenvalue weighted by molar-refractivity contribution is -0.383. The molecular formula is C14H18N4O2S. The Kier molecular flexibility index (Phi) is 5.21. The number of rotatable bonds is 3. The first kappa shape index (κ1) is 15.4. The summed E-state index contributed by atoms with van der Waals surface area (Å²) in [6, 6.07) is 6.37. The van der Waals surface area contributed by atoms with Crippen molar-refractivity contribution >= 4 is 34.4 Å². The number of nitrogens with one attached hydrogen (secondary N) is 2. The van der Waals surface area contributed by atoms with Gasteiger partial charge in [-0.2, -0.15) is 5.10 Å². The first-order chi connectivity index (χ1) is 10.1. The molecule has 0 unspecified atom stereocenters. The van der Waals surface area contributed by atoms with Crippen molar-refractivity contribution in [1.82, 2.24) is 5.43 Å². The summed E-state index contributed by atoms with van der Waals surface area (Å²) in [5.41, 5.74) is 4.21. The Morgan fingerprint density at radius 2 is 2.05 bits per heavy atom. The Morgan fingerprint density at radius 1 is 1.38 bits per heavy atom. The summed E-state index contributed by atoms with van der Waals surface area (Å²) in [6.07, 6.45) is 4.24. The molecule has 7 heteroatoms. The fraction of sp³-hybridized carbons (Fsp3) is 0.429. The number of para-hydroxylation sites is 2. The third kappa shape index (κ3) is 4.49. The topological polar surface area (TPSA) is 79.6 Å². The average Bonchev–Trinajstić information content (AvgIpc) is 2.47. The van der Waals surface area contributed by atoms with Crippen molar-refractivity contribution in [2.45, 2.75) is 32.6 Å². The van der Waals surface area contributed by atoms with Crippen molar-refractivity contribution in [3.63, 3.8) is 0 Å². The van der Waals surface area contributed by atoms with E-state index in [-0.39, 0.29) is 10.8 Å². The van der Waals surface area contributed by atoms with Crippen LogP contribution in [0.2, 0.25) is 0 Å². The van der Waals surface area contributed by atoms with Crippen LogP contribution in [0.3, 0.4) is 0 Å². The molecule has 2 N–H and O–H groups in total. The van der Waals surface area contributed by atoms with E-state index in [9.17, 15) is 10.1 Å². The van der Waals surface area contributed by atoms with Crippen LogP contribution in [-0.4, -0.2) is 15.7 Å². The monoisotopic (exact) mass is 306 g/mol. The molecule has 1 saturated carbocycles. The Morgan fingerprint density at radius 3 is 2.71 bits per heavy atom. The zero-order chi connectivity index (χ0) is 15.2. The second-order valence-electron chi connectivity index (χ2n) is 5.20. The van der Waals surface area contributed by atoms with Crippen LogP contribution in [0.1, 0.15) is 32.6 Å². The lowest BCUT2D eigenvalue weighted by Crippen LogP contribution is -2.26. The number of nitro groups is 1. The number of hydrazone groups is 1. The lowest BCUT2D eigenvalue weighted by atomic mass is 9.90. The molecule has 112 valence electrons. The van der Waals surface area contributed by atoms with Gasteiger partial charge in [0, 0.05) is 11.8 Å². The molecule has 1 aromatic carbocycles. The van der Waals surface area contributed by atoms with E-state index in [1.54, 1.807) is 18.2 Å². The van der Waals surface area contributed by atoms with Gasteiger partial charge in [0.15, 0.2) is 5.11 Å². The number of nitro benzene ring substituents is 1. The fourth-order valence-corrected chi connectivity index (χ4v) is 2.38. The highest BCUT2D eigenvalue weighted by molar-refractivity contribution is 7.80. The molecular weight excluding hydrogens is 288 g/mol. The first-order valence-corrected chi connectivity index (χ1v) is 7.33. The Balaban J connectivity index is 1.93. The summed E-state index contributed by atoms with van der Waals surface area (Å²) < 4.78 is 0. The van der Waals surface area contributed by atoms with Crippen LogP contribution >= 0.6 is 12.2 Å². The predicted molar refractivity (Wildman–Crippen MR) is 87.5 cm³/mol. The largest absolute Gasteiger partial charge is 0.326 e. The highest BCUT2D eigenvalue weighted by Gasteiger charge is 2.15. The Labute approximate surface area is 128 Å². The van der Waals surface area contributed by atoms with Crippen molar-refractivity contribution in [3.8, 4) is 0 Å². The zero-order valence-electron chi connectivity index (χ0n) is 11.8. The normalized spacial score (nSPS) is 18.0. The number of thiocarbonyl (C=S) groups is 1. The van der Waals surface area contributed by atoms with Crippen molar-refractivity contribution in [2.24, 2.45) is 11.0 Å². The van der Waals surface area contributed by atoms with Gasteiger partial charge >= 0.3 is 0 Å². The minimum Gasteiger partial charge on any atom is -0.326 e. The van der Waals surface area contributed by atoms with Gasteiger partial charge in [-0.25, -0.2) is 0 Å². The number of hydrogen-bond donors (Lipinski definition) is 2. The van der Waals surface area contributed by atoms with Gasteiger partial charge in [0.05, 0.1) is 4.92 Å². The SMILES string of the molecule is CC1CCC(=NNC(=S)Nc2ccccc2[N+](=O)[O-])CC1. The van der Waals surface area contributed by atoms with Gasteiger partial charge in [-0.15, -0.1) is 0 Å². The second kappa shape index (κ2) is 7.12. The first-order valence-electron chi connectivity index (χ1n) is 6.92. The van der Waals surface area contributed by atoms with Gasteiger partial charge in [0.1, 0.15) is 5.69 Å². The van der Waals surface area contributed by atoms with E-state index in [0.717, 1.165) is 37.3 Å². The molecule has 6 nitrogen and oxygen atoms in total. The molecule has 0 saturated heterocycles. The molecule has 2 rings (SSSR count). The van der Waals surface area contributed by atoms with Gasteiger partial charge in [0.25, 0.3) is 5.69 Å². The van der Waals surface area contributed by atoms with Crippen LogP contribution in [0.5, 0.6) is 0 Å². The maximum atomic E-state index is 10.9.